The molecule has 0 aromatic heterocycles. The van der Waals surface area contributed by atoms with Crippen LogP contribution in [0.2, 0.25) is 0 Å². The monoisotopic (exact) mass is 259 g/mol. The molecule has 4 nitrogen and oxygen atoms in total. The van der Waals surface area contributed by atoms with Gasteiger partial charge >= 0.3 is 0 Å². The third kappa shape index (κ3) is 3.53. The maximum atomic E-state index is 11.5. The molecule has 88 valence electrons. The summed E-state index contributed by atoms with van der Waals surface area (Å²) < 4.78 is 22.9. The van der Waals surface area contributed by atoms with Crippen molar-refractivity contribution < 1.29 is 13.2 Å². The fraction of sp³-hybridized carbons (Fsp3) is 0.300. The fourth-order valence-corrected chi connectivity index (χ4v) is 3.30. The molecule has 0 aliphatic carbocycles. The standard InChI is InChI=1S/C10H13NO3S2/c1-11-10(12)7-15-8-5-3-4-6-9(8)16(2,13)14/h3-6H,7H2,1-2H3,(H,11,12). The Morgan fingerprint density at radius 2 is 2.00 bits per heavy atom. The van der Waals surface area contributed by atoms with Gasteiger partial charge < -0.3 is 5.32 Å². The van der Waals surface area contributed by atoms with Gasteiger partial charge in [-0.3, -0.25) is 4.79 Å². The number of hydrogen-bond acceptors (Lipinski definition) is 4. The number of amides is 1. The first-order valence-corrected chi connectivity index (χ1v) is 7.45. The fourth-order valence-electron chi connectivity index (χ4n) is 1.09. The second-order valence-corrected chi connectivity index (χ2v) is 6.18. The minimum absolute atomic E-state index is 0.131. The van der Waals surface area contributed by atoms with Crippen molar-refractivity contribution in [3.63, 3.8) is 0 Å². The van der Waals surface area contributed by atoms with Crippen LogP contribution < -0.4 is 5.32 Å². The van der Waals surface area contributed by atoms with Crippen LogP contribution in [0.15, 0.2) is 34.1 Å². The van der Waals surface area contributed by atoms with Crippen LogP contribution in [0.5, 0.6) is 0 Å². The van der Waals surface area contributed by atoms with Gasteiger partial charge in [-0.15, -0.1) is 11.8 Å². The molecule has 1 aromatic carbocycles. The van der Waals surface area contributed by atoms with Gasteiger partial charge in [-0.1, -0.05) is 12.1 Å². The Morgan fingerprint density at radius 1 is 1.38 bits per heavy atom. The van der Waals surface area contributed by atoms with E-state index in [4.69, 9.17) is 0 Å². The summed E-state index contributed by atoms with van der Waals surface area (Å²) in [5.74, 6) is 0.0801. The Hall–Kier alpha value is -1.01. The van der Waals surface area contributed by atoms with Crippen molar-refractivity contribution in [3.8, 4) is 0 Å². The van der Waals surface area contributed by atoms with Gasteiger partial charge in [-0.2, -0.15) is 0 Å². The number of nitrogens with one attached hydrogen (secondary N) is 1. The Morgan fingerprint density at radius 3 is 2.56 bits per heavy atom. The molecule has 0 saturated carbocycles. The molecule has 1 aromatic rings. The number of carbonyl (C=O) groups is 1. The zero-order valence-corrected chi connectivity index (χ0v) is 10.7. The van der Waals surface area contributed by atoms with E-state index >= 15 is 0 Å². The van der Waals surface area contributed by atoms with Crippen LogP contribution >= 0.6 is 11.8 Å². The topological polar surface area (TPSA) is 63.2 Å². The summed E-state index contributed by atoms with van der Waals surface area (Å²) in [4.78, 5) is 11.9. The molecular weight excluding hydrogens is 246 g/mol. The lowest BCUT2D eigenvalue weighted by molar-refractivity contribution is -0.118. The third-order valence-corrected chi connectivity index (χ3v) is 4.24. The van der Waals surface area contributed by atoms with Gasteiger partial charge in [0.15, 0.2) is 9.84 Å². The first-order chi connectivity index (χ1) is 7.45. The van der Waals surface area contributed by atoms with Crippen LogP contribution in [0, 0.1) is 0 Å². The normalized spacial score (nSPS) is 11.1. The molecule has 0 bridgehead atoms. The van der Waals surface area contributed by atoms with Gasteiger partial charge in [0.05, 0.1) is 10.6 Å². The van der Waals surface area contributed by atoms with Crippen molar-refractivity contribution in [3.05, 3.63) is 24.3 Å². The number of hydrogen-bond donors (Lipinski definition) is 1. The summed E-state index contributed by atoms with van der Waals surface area (Å²) in [6.07, 6.45) is 1.16. The van der Waals surface area contributed by atoms with Crippen molar-refractivity contribution in [2.45, 2.75) is 9.79 Å². The molecule has 0 atom stereocenters. The number of benzene rings is 1. The van der Waals surface area contributed by atoms with Crippen LogP contribution in [0.4, 0.5) is 0 Å². The Labute approximate surface area is 99.4 Å². The third-order valence-electron chi connectivity index (χ3n) is 1.89. The van der Waals surface area contributed by atoms with Crippen LogP contribution in [0.3, 0.4) is 0 Å². The summed E-state index contributed by atoms with van der Waals surface area (Å²) in [6.45, 7) is 0. The second kappa shape index (κ2) is 5.36. The van der Waals surface area contributed by atoms with Crippen molar-refractivity contribution in [2.24, 2.45) is 0 Å². The SMILES string of the molecule is CNC(=O)CSc1ccccc1S(C)(=O)=O. The minimum atomic E-state index is -3.24. The maximum absolute atomic E-state index is 11.5. The van der Waals surface area contributed by atoms with Crippen LogP contribution in [-0.4, -0.2) is 33.4 Å². The van der Waals surface area contributed by atoms with Crippen molar-refractivity contribution in [2.75, 3.05) is 19.1 Å². The molecule has 6 heteroatoms. The maximum Gasteiger partial charge on any atom is 0.230 e. The Kier molecular flexibility index (Phi) is 4.37. The van der Waals surface area contributed by atoms with Crippen LogP contribution in [-0.2, 0) is 14.6 Å². The molecule has 0 radical (unpaired) electrons. The zero-order chi connectivity index (χ0) is 12.2. The predicted molar refractivity (Wildman–Crippen MR) is 64.3 cm³/mol. The van der Waals surface area contributed by atoms with Crippen LogP contribution in [0.25, 0.3) is 0 Å². The number of carbonyl (C=O) groups excluding carboxylic acids is 1. The summed E-state index contributed by atoms with van der Waals surface area (Å²) in [7, 11) is -1.69. The zero-order valence-electron chi connectivity index (χ0n) is 9.06. The second-order valence-electron chi connectivity index (χ2n) is 3.18. The summed E-state index contributed by atoms with van der Waals surface area (Å²) in [5, 5.41) is 2.48. The quantitative estimate of drug-likeness (QED) is 0.817. The van der Waals surface area contributed by atoms with Gasteiger partial charge in [0.25, 0.3) is 0 Å². The van der Waals surface area contributed by atoms with Crippen molar-refractivity contribution in [1.29, 1.82) is 0 Å². The number of rotatable bonds is 4. The highest BCUT2D eigenvalue weighted by Gasteiger charge is 2.13. The van der Waals surface area contributed by atoms with E-state index in [9.17, 15) is 13.2 Å². The lowest BCUT2D eigenvalue weighted by atomic mass is 10.4. The van der Waals surface area contributed by atoms with Gasteiger partial charge in [-0.25, -0.2) is 8.42 Å². The molecule has 1 N–H and O–H groups in total. The predicted octanol–water partition coefficient (Wildman–Crippen LogP) is 0.928. The minimum Gasteiger partial charge on any atom is -0.358 e. The summed E-state index contributed by atoms with van der Waals surface area (Å²) >= 11 is 1.22. The molecule has 0 saturated heterocycles. The van der Waals surface area contributed by atoms with Crippen LogP contribution in [0.1, 0.15) is 0 Å². The largest absolute Gasteiger partial charge is 0.358 e. The first-order valence-electron chi connectivity index (χ1n) is 4.57. The Balaban J connectivity index is 2.93. The summed E-state index contributed by atoms with van der Waals surface area (Å²) in [5.41, 5.74) is 0. The molecule has 0 spiro atoms. The molecule has 16 heavy (non-hydrogen) atoms. The summed E-state index contributed by atoms with van der Waals surface area (Å²) in [6, 6.07) is 6.66. The lowest BCUT2D eigenvalue weighted by Crippen LogP contribution is -2.19. The average Bonchev–Trinajstić information content (AvgIpc) is 2.25. The van der Waals surface area contributed by atoms with Gasteiger partial charge in [0.2, 0.25) is 5.91 Å². The van der Waals surface area contributed by atoms with Crippen molar-refractivity contribution >= 4 is 27.5 Å². The average molecular weight is 259 g/mol. The van der Waals surface area contributed by atoms with E-state index in [1.165, 1.54) is 11.8 Å². The number of thioether (sulfide) groups is 1. The molecule has 0 fully saturated rings. The lowest BCUT2D eigenvalue weighted by Gasteiger charge is -2.06. The molecule has 0 unspecified atom stereocenters. The number of sulfone groups is 1. The Bertz CT molecular complexity index is 483. The van der Waals surface area contributed by atoms with E-state index in [1.54, 1.807) is 31.3 Å². The first kappa shape index (κ1) is 13.1. The highest BCUT2D eigenvalue weighted by molar-refractivity contribution is 8.00. The van der Waals surface area contributed by atoms with E-state index in [0.717, 1.165) is 6.26 Å². The highest BCUT2D eigenvalue weighted by atomic mass is 32.2. The molecule has 0 aliphatic heterocycles. The molecule has 1 rings (SSSR count). The molecule has 1 amide bonds. The smallest absolute Gasteiger partial charge is 0.230 e. The van der Waals surface area contributed by atoms with E-state index < -0.39 is 9.84 Å². The molecule has 0 aliphatic rings. The van der Waals surface area contributed by atoms with E-state index in [-0.39, 0.29) is 16.6 Å². The van der Waals surface area contributed by atoms with E-state index in [0.29, 0.717) is 4.90 Å². The molecule has 0 heterocycles. The molecular formula is C10H13NO3S2. The van der Waals surface area contributed by atoms with E-state index in [2.05, 4.69) is 5.32 Å². The van der Waals surface area contributed by atoms with Gasteiger partial charge in [-0.05, 0) is 12.1 Å². The van der Waals surface area contributed by atoms with Gasteiger partial charge in [0, 0.05) is 18.2 Å². The van der Waals surface area contributed by atoms with Gasteiger partial charge in [0.1, 0.15) is 0 Å². The highest BCUT2D eigenvalue weighted by Crippen LogP contribution is 2.25. The van der Waals surface area contributed by atoms with Crippen molar-refractivity contribution in [1.82, 2.24) is 5.32 Å². The van der Waals surface area contributed by atoms with E-state index in [1.807, 2.05) is 0 Å².